The summed E-state index contributed by atoms with van der Waals surface area (Å²) in [6.45, 7) is 4.43. The lowest BCUT2D eigenvalue weighted by atomic mass is 10.1. The first kappa shape index (κ1) is 20.7. The molecule has 0 spiro atoms. The molecule has 5 nitrogen and oxygen atoms in total. The van der Waals surface area contributed by atoms with E-state index in [9.17, 15) is 4.79 Å². The summed E-state index contributed by atoms with van der Waals surface area (Å²) in [6.07, 6.45) is 1.84. The van der Waals surface area contributed by atoms with E-state index in [1.54, 1.807) is 14.0 Å². The summed E-state index contributed by atoms with van der Waals surface area (Å²) in [5, 5.41) is 3.07. The van der Waals surface area contributed by atoms with Crippen molar-refractivity contribution in [1.82, 2.24) is 10.2 Å². The number of carbonyl (C=O) groups excluding carboxylic acids is 1. The van der Waals surface area contributed by atoms with Crippen LogP contribution in [0.4, 0.5) is 0 Å². The summed E-state index contributed by atoms with van der Waals surface area (Å²) in [6, 6.07) is 15.7. The highest BCUT2D eigenvalue weighted by atomic mass is 79.9. The summed E-state index contributed by atoms with van der Waals surface area (Å²) < 4.78 is 12.0. The molecule has 1 amide bonds. The Morgan fingerprint density at radius 2 is 1.68 bits per heavy atom. The first-order valence-corrected chi connectivity index (χ1v) is 10.4. The van der Waals surface area contributed by atoms with E-state index in [0.717, 1.165) is 23.3 Å². The van der Waals surface area contributed by atoms with Crippen molar-refractivity contribution >= 4 is 21.8 Å². The maximum Gasteiger partial charge on any atom is 0.260 e. The third-order valence-electron chi connectivity index (χ3n) is 5.05. The van der Waals surface area contributed by atoms with Crippen molar-refractivity contribution in [3.8, 4) is 11.5 Å². The van der Waals surface area contributed by atoms with Crippen LogP contribution >= 0.6 is 15.9 Å². The molecule has 3 rings (SSSR count). The van der Waals surface area contributed by atoms with Crippen molar-refractivity contribution in [1.29, 1.82) is 0 Å². The third kappa shape index (κ3) is 5.49. The maximum absolute atomic E-state index is 12.6. The van der Waals surface area contributed by atoms with E-state index in [4.69, 9.17) is 9.47 Å². The van der Waals surface area contributed by atoms with Gasteiger partial charge in [0.25, 0.3) is 5.91 Å². The molecule has 0 aliphatic carbocycles. The molecule has 0 unspecified atom stereocenters. The summed E-state index contributed by atoms with van der Waals surface area (Å²) >= 11 is 3.40. The molecule has 2 aromatic carbocycles. The summed E-state index contributed by atoms with van der Waals surface area (Å²) in [4.78, 5) is 15.0. The molecule has 150 valence electrons. The van der Waals surface area contributed by atoms with Crippen LogP contribution < -0.4 is 14.8 Å². The number of hydrogen-bond acceptors (Lipinski definition) is 4. The molecule has 0 bridgehead atoms. The summed E-state index contributed by atoms with van der Waals surface area (Å²) in [5.41, 5.74) is 1.18. The van der Waals surface area contributed by atoms with Crippen LogP contribution in [-0.4, -0.2) is 43.7 Å². The van der Waals surface area contributed by atoms with Gasteiger partial charge in [-0.2, -0.15) is 0 Å². The second kappa shape index (κ2) is 9.94. The molecule has 0 aromatic heterocycles. The normalized spacial score (nSPS) is 16.4. The number of ether oxygens (including phenoxy) is 2. The van der Waals surface area contributed by atoms with Crippen molar-refractivity contribution in [2.24, 2.45) is 0 Å². The third-order valence-corrected chi connectivity index (χ3v) is 5.58. The molecule has 0 radical (unpaired) electrons. The Labute approximate surface area is 175 Å². The molecular formula is C22H27BrN2O3. The Bertz CT molecular complexity index is 758. The summed E-state index contributed by atoms with van der Waals surface area (Å²) in [7, 11) is 1.67. The average Bonchev–Trinajstić information content (AvgIpc) is 3.24. The van der Waals surface area contributed by atoms with Gasteiger partial charge in [-0.1, -0.05) is 28.1 Å². The van der Waals surface area contributed by atoms with E-state index in [1.165, 1.54) is 18.4 Å². The van der Waals surface area contributed by atoms with Gasteiger partial charge >= 0.3 is 0 Å². The monoisotopic (exact) mass is 446 g/mol. The lowest BCUT2D eigenvalue weighted by Gasteiger charge is -2.29. The topological polar surface area (TPSA) is 50.8 Å². The van der Waals surface area contributed by atoms with Crippen LogP contribution in [0, 0.1) is 0 Å². The number of rotatable bonds is 8. The van der Waals surface area contributed by atoms with Crippen LogP contribution in [-0.2, 0) is 4.79 Å². The largest absolute Gasteiger partial charge is 0.497 e. The maximum atomic E-state index is 12.6. The van der Waals surface area contributed by atoms with E-state index in [0.29, 0.717) is 12.3 Å². The van der Waals surface area contributed by atoms with Crippen LogP contribution in [0.1, 0.15) is 31.4 Å². The standard InChI is InChI=1S/C22H27BrN2O3/c1-16(28-20-11-7-18(23)8-12-20)22(26)24-15-21(25-13-3-4-14-25)17-5-9-19(27-2)10-6-17/h5-12,16,21H,3-4,13-15H2,1-2H3,(H,24,26)/t16-,21+/m1/s1. The number of hydrogen-bond donors (Lipinski definition) is 1. The van der Waals surface area contributed by atoms with Crippen LogP contribution in [0.3, 0.4) is 0 Å². The Kier molecular flexibility index (Phi) is 7.34. The minimum atomic E-state index is -0.559. The second-order valence-electron chi connectivity index (χ2n) is 6.99. The van der Waals surface area contributed by atoms with Gasteiger partial charge in [-0.25, -0.2) is 0 Å². The molecule has 1 fully saturated rings. The lowest BCUT2D eigenvalue weighted by Crippen LogP contribution is -2.42. The van der Waals surface area contributed by atoms with Crippen LogP contribution in [0.5, 0.6) is 11.5 Å². The molecule has 1 aliphatic rings. The van der Waals surface area contributed by atoms with E-state index >= 15 is 0 Å². The quantitative estimate of drug-likeness (QED) is 0.660. The lowest BCUT2D eigenvalue weighted by molar-refractivity contribution is -0.127. The van der Waals surface area contributed by atoms with E-state index in [2.05, 4.69) is 38.3 Å². The number of carbonyl (C=O) groups is 1. The average molecular weight is 447 g/mol. The van der Waals surface area contributed by atoms with Gasteiger partial charge in [-0.05, 0) is 74.8 Å². The smallest absolute Gasteiger partial charge is 0.260 e. The van der Waals surface area contributed by atoms with Crippen molar-refractivity contribution < 1.29 is 14.3 Å². The zero-order valence-electron chi connectivity index (χ0n) is 16.4. The molecule has 1 aliphatic heterocycles. The van der Waals surface area contributed by atoms with E-state index in [1.807, 2.05) is 36.4 Å². The fraction of sp³-hybridized carbons (Fsp3) is 0.409. The number of likely N-dealkylation sites (tertiary alicyclic amines) is 1. The van der Waals surface area contributed by atoms with Gasteiger partial charge in [0.15, 0.2) is 6.10 Å². The van der Waals surface area contributed by atoms with E-state index < -0.39 is 6.10 Å². The van der Waals surface area contributed by atoms with Gasteiger partial charge in [0.2, 0.25) is 0 Å². The first-order chi connectivity index (χ1) is 13.6. The van der Waals surface area contributed by atoms with Crippen LogP contribution in [0.15, 0.2) is 53.0 Å². The van der Waals surface area contributed by atoms with Gasteiger partial charge in [-0.15, -0.1) is 0 Å². The Morgan fingerprint density at radius 1 is 1.07 bits per heavy atom. The predicted octanol–water partition coefficient (Wildman–Crippen LogP) is 4.18. The molecular weight excluding hydrogens is 420 g/mol. The van der Waals surface area contributed by atoms with Crippen LogP contribution in [0.25, 0.3) is 0 Å². The Morgan fingerprint density at radius 3 is 2.29 bits per heavy atom. The van der Waals surface area contributed by atoms with Gasteiger partial charge in [0.1, 0.15) is 11.5 Å². The second-order valence-corrected chi connectivity index (χ2v) is 7.91. The summed E-state index contributed by atoms with van der Waals surface area (Å²) in [5.74, 6) is 1.40. The molecule has 2 atom stereocenters. The Balaban J connectivity index is 1.61. The minimum Gasteiger partial charge on any atom is -0.497 e. The molecule has 1 saturated heterocycles. The molecule has 1 heterocycles. The van der Waals surface area contributed by atoms with E-state index in [-0.39, 0.29) is 11.9 Å². The molecule has 2 aromatic rings. The van der Waals surface area contributed by atoms with Gasteiger partial charge < -0.3 is 14.8 Å². The molecule has 1 N–H and O–H groups in total. The van der Waals surface area contributed by atoms with Crippen molar-refractivity contribution in [2.45, 2.75) is 31.9 Å². The fourth-order valence-electron chi connectivity index (χ4n) is 3.45. The molecule has 6 heteroatoms. The number of halogens is 1. The fourth-order valence-corrected chi connectivity index (χ4v) is 3.71. The minimum absolute atomic E-state index is 0.111. The zero-order valence-corrected chi connectivity index (χ0v) is 17.9. The molecule has 28 heavy (non-hydrogen) atoms. The first-order valence-electron chi connectivity index (χ1n) is 9.65. The predicted molar refractivity (Wildman–Crippen MR) is 114 cm³/mol. The van der Waals surface area contributed by atoms with Crippen molar-refractivity contribution in [3.05, 3.63) is 58.6 Å². The number of methoxy groups -OCH3 is 1. The highest BCUT2D eigenvalue weighted by Crippen LogP contribution is 2.26. The Hall–Kier alpha value is -2.05. The van der Waals surface area contributed by atoms with Crippen LogP contribution in [0.2, 0.25) is 0 Å². The van der Waals surface area contributed by atoms with Gasteiger partial charge in [-0.3, -0.25) is 9.69 Å². The highest BCUT2D eigenvalue weighted by molar-refractivity contribution is 9.10. The SMILES string of the molecule is COc1ccc([C@H](CNC(=O)[C@@H](C)Oc2ccc(Br)cc2)N2CCCC2)cc1. The molecule has 0 saturated carbocycles. The zero-order chi connectivity index (χ0) is 19.9. The number of nitrogens with zero attached hydrogens (tertiary/aromatic N) is 1. The van der Waals surface area contributed by atoms with Gasteiger partial charge in [0.05, 0.1) is 13.2 Å². The van der Waals surface area contributed by atoms with Crippen molar-refractivity contribution in [3.63, 3.8) is 0 Å². The number of nitrogens with one attached hydrogen (secondary N) is 1. The number of amides is 1. The van der Waals surface area contributed by atoms with Gasteiger partial charge in [0, 0.05) is 11.0 Å². The highest BCUT2D eigenvalue weighted by Gasteiger charge is 2.25. The van der Waals surface area contributed by atoms with Crippen molar-refractivity contribution in [2.75, 3.05) is 26.7 Å². The number of benzene rings is 2.